The second kappa shape index (κ2) is 6.98. The third-order valence-corrected chi connectivity index (χ3v) is 6.23. The van der Waals surface area contributed by atoms with E-state index in [4.69, 9.17) is 14.5 Å². The van der Waals surface area contributed by atoms with Gasteiger partial charge in [0.15, 0.2) is 5.96 Å². The topological polar surface area (TPSA) is 46.1 Å². The Hall–Kier alpha value is -0.810. The van der Waals surface area contributed by atoms with Crippen molar-refractivity contribution in [2.45, 2.75) is 51.2 Å². The van der Waals surface area contributed by atoms with Gasteiger partial charge in [-0.15, -0.1) is 0 Å². The van der Waals surface area contributed by atoms with Gasteiger partial charge in [0.25, 0.3) is 0 Å². The van der Waals surface area contributed by atoms with Crippen LogP contribution in [0.4, 0.5) is 0 Å². The molecule has 0 saturated carbocycles. The van der Waals surface area contributed by atoms with Gasteiger partial charge in [-0.3, -0.25) is 4.99 Å². The molecule has 4 fully saturated rings. The molecule has 23 heavy (non-hydrogen) atoms. The maximum absolute atomic E-state index is 6.09. The number of ether oxygens (including phenoxy) is 2. The molecule has 4 atom stereocenters. The molecular weight excluding hydrogens is 290 g/mol. The summed E-state index contributed by atoms with van der Waals surface area (Å²) in [7, 11) is 0. The Morgan fingerprint density at radius 3 is 2.43 bits per heavy atom. The minimum absolute atomic E-state index is 0.528. The van der Waals surface area contributed by atoms with Crippen molar-refractivity contribution in [3.8, 4) is 0 Å². The van der Waals surface area contributed by atoms with Crippen molar-refractivity contribution >= 4 is 5.96 Å². The summed E-state index contributed by atoms with van der Waals surface area (Å²) in [6, 6.07) is 0. The van der Waals surface area contributed by atoms with E-state index in [1.807, 2.05) is 0 Å². The molecule has 0 aromatic heterocycles. The fourth-order valence-electron chi connectivity index (χ4n) is 4.95. The molecule has 0 amide bonds. The lowest BCUT2D eigenvalue weighted by molar-refractivity contribution is 0.0646. The van der Waals surface area contributed by atoms with E-state index in [1.165, 1.54) is 32.1 Å². The van der Waals surface area contributed by atoms with Gasteiger partial charge in [0, 0.05) is 51.2 Å². The van der Waals surface area contributed by atoms with Gasteiger partial charge in [-0.25, -0.2) is 0 Å². The molecule has 0 spiro atoms. The molecule has 1 N–H and O–H groups in total. The fraction of sp³-hybridized carbons (Fsp3) is 0.944. The monoisotopic (exact) mass is 321 g/mol. The lowest BCUT2D eigenvalue weighted by Crippen LogP contribution is -2.41. The van der Waals surface area contributed by atoms with Crippen LogP contribution in [0.3, 0.4) is 0 Å². The summed E-state index contributed by atoms with van der Waals surface area (Å²) >= 11 is 0. The number of hydrogen-bond donors (Lipinski definition) is 1. The highest BCUT2D eigenvalue weighted by atomic mass is 16.5. The lowest BCUT2D eigenvalue weighted by Gasteiger charge is -2.24. The first kappa shape index (κ1) is 15.7. The summed E-state index contributed by atoms with van der Waals surface area (Å²) in [5, 5.41) is 3.51. The van der Waals surface area contributed by atoms with Gasteiger partial charge in [-0.1, -0.05) is 0 Å². The largest absolute Gasteiger partial charge is 0.381 e. The van der Waals surface area contributed by atoms with Crippen LogP contribution in [0, 0.1) is 17.8 Å². The van der Waals surface area contributed by atoms with Gasteiger partial charge >= 0.3 is 0 Å². The SMILES string of the molecule is CCNC(=NCCC1CCOCC1)N1CC2C3CCC(O3)C2C1. The Balaban J connectivity index is 1.33. The van der Waals surface area contributed by atoms with Crippen LogP contribution in [0.25, 0.3) is 0 Å². The van der Waals surface area contributed by atoms with Crippen molar-refractivity contribution in [1.29, 1.82) is 0 Å². The Labute approximate surface area is 139 Å². The van der Waals surface area contributed by atoms with Gasteiger partial charge in [0.05, 0.1) is 12.2 Å². The molecule has 5 heteroatoms. The smallest absolute Gasteiger partial charge is 0.193 e. The fourth-order valence-corrected chi connectivity index (χ4v) is 4.95. The predicted octanol–water partition coefficient (Wildman–Crippen LogP) is 1.88. The van der Waals surface area contributed by atoms with Gasteiger partial charge in [-0.2, -0.15) is 0 Å². The third-order valence-electron chi connectivity index (χ3n) is 6.23. The molecule has 4 rings (SSSR count). The van der Waals surface area contributed by atoms with E-state index in [0.717, 1.165) is 63.1 Å². The van der Waals surface area contributed by atoms with Crippen molar-refractivity contribution in [2.24, 2.45) is 22.7 Å². The second-order valence-corrected chi connectivity index (χ2v) is 7.60. The third kappa shape index (κ3) is 3.22. The van der Waals surface area contributed by atoms with Crippen molar-refractivity contribution in [3.05, 3.63) is 0 Å². The summed E-state index contributed by atoms with van der Waals surface area (Å²) in [4.78, 5) is 7.43. The zero-order valence-electron chi connectivity index (χ0n) is 14.4. The maximum atomic E-state index is 6.09. The van der Waals surface area contributed by atoms with Crippen molar-refractivity contribution in [1.82, 2.24) is 10.2 Å². The molecule has 0 aliphatic carbocycles. The number of nitrogens with zero attached hydrogens (tertiary/aromatic N) is 2. The van der Waals surface area contributed by atoms with Crippen LogP contribution < -0.4 is 5.32 Å². The molecule has 5 nitrogen and oxygen atoms in total. The number of likely N-dealkylation sites (tertiary alicyclic amines) is 1. The Morgan fingerprint density at radius 1 is 1.09 bits per heavy atom. The highest BCUT2D eigenvalue weighted by Crippen LogP contribution is 2.47. The van der Waals surface area contributed by atoms with Crippen LogP contribution in [-0.2, 0) is 9.47 Å². The molecule has 4 aliphatic heterocycles. The van der Waals surface area contributed by atoms with Crippen LogP contribution in [0.1, 0.15) is 39.0 Å². The first-order valence-corrected chi connectivity index (χ1v) is 9.61. The number of guanidine groups is 1. The van der Waals surface area contributed by atoms with Crippen LogP contribution >= 0.6 is 0 Å². The molecule has 130 valence electrons. The quantitative estimate of drug-likeness (QED) is 0.634. The summed E-state index contributed by atoms with van der Waals surface area (Å²) in [5.41, 5.74) is 0. The summed E-state index contributed by atoms with van der Waals surface area (Å²) in [6.07, 6.45) is 7.23. The van der Waals surface area contributed by atoms with E-state index in [0.29, 0.717) is 12.2 Å². The van der Waals surface area contributed by atoms with Gasteiger partial charge in [-0.05, 0) is 44.9 Å². The zero-order valence-corrected chi connectivity index (χ0v) is 14.4. The number of rotatable bonds is 4. The van der Waals surface area contributed by atoms with Crippen molar-refractivity contribution in [3.63, 3.8) is 0 Å². The maximum Gasteiger partial charge on any atom is 0.193 e. The van der Waals surface area contributed by atoms with E-state index >= 15 is 0 Å². The van der Waals surface area contributed by atoms with Crippen LogP contribution in [0.5, 0.6) is 0 Å². The highest BCUT2D eigenvalue weighted by molar-refractivity contribution is 5.80. The predicted molar refractivity (Wildman–Crippen MR) is 90.6 cm³/mol. The lowest BCUT2D eigenvalue weighted by atomic mass is 9.82. The van der Waals surface area contributed by atoms with Gasteiger partial charge in [0.1, 0.15) is 0 Å². The molecule has 4 unspecified atom stereocenters. The van der Waals surface area contributed by atoms with Crippen LogP contribution in [-0.4, -0.2) is 62.5 Å². The minimum atomic E-state index is 0.528. The first-order valence-electron chi connectivity index (χ1n) is 9.61. The number of fused-ring (bicyclic) bond motifs is 5. The summed E-state index contributed by atoms with van der Waals surface area (Å²) in [6.45, 7) is 8.20. The van der Waals surface area contributed by atoms with E-state index in [9.17, 15) is 0 Å². The van der Waals surface area contributed by atoms with E-state index in [1.54, 1.807) is 0 Å². The van der Waals surface area contributed by atoms with Crippen LogP contribution in [0.2, 0.25) is 0 Å². The van der Waals surface area contributed by atoms with Gasteiger partial charge < -0.3 is 19.7 Å². The Morgan fingerprint density at radius 2 is 1.78 bits per heavy atom. The highest BCUT2D eigenvalue weighted by Gasteiger charge is 2.53. The van der Waals surface area contributed by atoms with E-state index in [2.05, 4.69) is 17.1 Å². The molecule has 2 bridgehead atoms. The standard InChI is InChI=1S/C18H31N3O2/c1-2-19-18(20-8-5-13-6-9-22-10-7-13)21-11-14-15(12-21)17-4-3-16(14)23-17/h13-17H,2-12H2,1H3,(H,19,20). The number of nitrogens with one attached hydrogen (secondary N) is 1. The van der Waals surface area contributed by atoms with Crippen LogP contribution in [0.15, 0.2) is 4.99 Å². The number of hydrogen-bond acceptors (Lipinski definition) is 3. The van der Waals surface area contributed by atoms with E-state index < -0.39 is 0 Å². The normalized spacial score (nSPS) is 37.4. The Bertz CT molecular complexity index is 418. The zero-order chi connectivity index (χ0) is 15.6. The molecule has 4 heterocycles. The molecule has 0 aromatic carbocycles. The summed E-state index contributed by atoms with van der Waals surface area (Å²) < 4.78 is 11.5. The molecular formula is C18H31N3O2. The minimum Gasteiger partial charge on any atom is -0.381 e. The summed E-state index contributed by atoms with van der Waals surface area (Å²) in [5.74, 6) is 3.42. The van der Waals surface area contributed by atoms with Crippen molar-refractivity contribution < 1.29 is 9.47 Å². The molecule has 4 aliphatic rings. The first-order chi connectivity index (χ1) is 11.3. The Kier molecular flexibility index (Phi) is 4.76. The van der Waals surface area contributed by atoms with Crippen molar-refractivity contribution in [2.75, 3.05) is 39.4 Å². The van der Waals surface area contributed by atoms with Gasteiger partial charge in [0.2, 0.25) is 0 Å². The molecule has 0 aromatic rings. The number of aliphatic imine (C=N–C) groups is 1. The second-order valence-electron chi connectivity index (χ2n) is 7.60. The molecule has 0 radical (unpaired) electrons. The van der Waals surface area contributed by atoms with E-state index in [-0.39, 0.29) is 0 Å². The molecule has 4 saturated heterocycles. The average molecular weight is 321 g/mol. The average Bonchev–Trinajstić information content (AvgIpc) is 3.28.